The Balaban J connectivity index is 1.79. The molecule has 0 spiro atoms. The first kappa shape index (κ1) is 20.1. The number of fused-ring (bicyclic) bond motifs is 1. The van der Waals surface area contributed by atoms with Gasteiger partial charge in [0.25, 0.3) is 0 Å². The van der Waals surface area contributed by atoms with Gasteiger partial charge in [-0.2, -0.15) is 0 Å². The zero-order chi connectivity index (χ0) is 20.1. The number of anilines is 1. The van der Waals surface area contributed by atoms with Crippen LogP contribution in [0.5, 0.6) is 0 Å². The monoisotopic (exact) mass is 383 g/mol. The lowest BCUT2D eigenvalue weighted by atomic mass is 10.1. The molecule has 2 heterocycles. The number of aryl methyl sites for hydroxylation is 2. The largest absolute Gasteiger partial charge is 0.360 e. The normalized spacial score (nSPS) is 12.6. The lowest BCUT2D eigenvalue weighted by molar-refractivity contribution is -0.121. The quantitative estimate of drug-likeness (QED) is 0.605. The van der Waals surface area contributed by atoms with E-state index in [1.165, 1.54) is 0 Å². The molecule has 0 bridgehead atoms. The second kappa shape index (κ2) is 9.01. The Bertz CT molecular complexity index is 930. The highest BCUT2D eigenvalue weighted by Gasteiger charge is 2.25. The van der Waals surface area contributed by atoms with Gasteiger partial charge in [0.1, 0.15) is 11.6 Å². The van der Waals surface area contributed by atoms with Gasteiger partial charge in [0.05, 0.1) is 23.6 Å². The third kappa shape index (κ3) is 4.42. The molecule has 150 valence electrons. The fourth-order valence-electron chi connectivity index (χ4n) is 3.52. The van der Waals surface area contributed by atoms with Crippen LogP contribution < -0.4 is 5.32 Å². The van der Waals surface area contributed by atoms with Crippen molar-refractivity contribution in [2.24, 2.45) is 0 Å². The van der Waals surface area contributed by atoms with E-state index in [4.69, 9.17) is 9.51 Å². The van der Waals surface area contributed by atoms with Crippen molar-refractivity contribution >= 4 is 22.8 Å². The minimum absolute atomic E-state index is 0.0663. The highest BCUT2D eigenvalue weighted by Crippen LogP contribution is 2.19. The van der Waals surface area contributed by atoms with E-state index < -0.39 is 0 Å². The van der Waals surface area contributed by atoms with Crippen molar-refractivity contribution in [1.29, 1.82) is 0 Å². The summed E-state index contributed by atoms with van der Waals surface area (Å²) in [5, 5.41) is 6.76. The second-order valence-electron chi connectivity index (χ2n) is 7.15. The highest BCUT2D eigenvalue weighted by molar-refractivity contribution is 5.94. The summed E-state index contributed by atoms with van der Waals surface area (Å²) in [6.07, 6.45) is 2.79. The van der Waals surface area contributed by atoms with Gasteiger partial charge in [-0.1, -0.05) is 37.1 Å². The maximum atomic E-state index is 12.9. The summed E-state index contributed by atoms with van der Waals surface area (Å²) < 4.78 is 7.26. The van der Waals surface area contributed by atoms with Crippen LogP contribution >= 0.6 is 0 Å². The molecule has 3 rings (SSSR count). The lowest BCUT2D eigenvalue weighted by Crippen LogP contribution is -2.42. The number of nitrogens with zero attached hydrogens (tertiary/aromatic N) is 4. The molecule has 0 fully saturated rings. The molecule has 1 atom stereocenters. The SMILES string of the molecule is CCCC[C@H](C(=O)Nc1cc(C)on1)N(C)Cc1nc2ccccc2n1CC. The molecule has 0 saturated heterocycles. The van der Waals surface area contributed by atoms with Crippen molar-refractivity contribution in [2.45, 2.75) is 59.2 Å². The smallest absolute Gasteiger partial charge is 0.242 e. The topological polar surface area (TPSA) is 76.2 Å². The van der Waals surface area contributed by atoms with Crippen LogP contribution in [0.3, 0.4) is 0 Å². The van der Waals surface area contributed by atoms with Gasteiger partial charge in [0.15, 0.2) is 5.82 Å². The Kier molecular flexibility index (Phi) is 6.46. The van der Waals surface area contributed by atoms with E-state index in [1.807, 2.05) is 25.2 Å². The number of carbonyl (C=O) groups excluding carboxylic acids is 1. The number of benzene rings is 1. The van der Waals surface area contributed by atoms with Crippen LogP contribution in [0.4, 0.5) is 5.82 Å². The van der Waals surface area contributed by atoms with Crippen molar-refractivity contribution in [2.75, 3.05) is 12.4 Å². The van der Waals surface area contributed by atoms with Gasteiger partial charge in [-0.3, -0.25) is 9.69 Å². The Morgan fingerprint density at radius 2 is 2.11 bits per heavy atom. The summed E-state index contributed by atoms with van der Waals surface area (Å²) in [7, 11) is 1.98. The maximum absolute atomic E-state index is 12.9. The van der Waals surface area contributed by atoms with Crippen molar-refractivity contribution in [3.8, 4) is 0 Å². The van der Waals surface area contributed by atoms with E-state index in [2.05, 4.69) is 39.9 Å². The molecule has 3 aromatic rings. The maximum Gasteiger partial charge on any atom is 0.242 e. The molecule has 28 heavy (non-hydrogen) atoms. The number of nitrogens with one attached hydrogen (secondary N) is 1. The Hall–Kier alpha value is -2.67. The second-order valence-corrected chi connectivity index (χ2v) is 7.15. The average Bonchev–Trinajstić information content (AvgIpc) is 3.24. The van der Waals surface area contributed by atoms with Gasteiger partial charge in [-0.15, -0.1) is 0 Å². The Labute approximate surface area is 165 Å². The molecule has 0 saturated carbocycles. The number of likely N-dealkylation sites (N-methyl/N-ethyl adjacent to an activating group) is 1. The van der Waals surface area contributed by atoms with Crippen LogP contribution in [0.1, 0.15) is 44.7 Å². The van der Waals surface area contributed by atoms with Crippen molar-refractivity contribution in [1.82, 2.24) is 19.6 Å². The van der Waals surface area contributed by atoms with Crippen LogP contribution in [0.15, 0.2) is 34.9 Å². The Morgan fingerprint density at radius 3 is 2.79 bits per heavy atom. The first-order valence-corrected chi connectivity index (χ1v) is 9.92. The molecular formula is C21H29N5O2. The van der Waals surface area contributed by atoms with Crippen LogP contribution in [0, 0.1) is 6.92 Å². The lowest BCUT2D eigenvalue weighted by Gasteiger charge is -2.26. The molecule has 2 aromatic heterocycles. The number of imidazole rings is 1. The molecule has 1 N–H and O–H groups in total. The van der Waals surface area contributed by atoms with E-state index in [9.17, 15) is 4.79 Å². The minimum atomic E-state index is -0.262. The van der Waals surface area contributed by atoms with Gasteiger partial charge in [-0.25, -0.2) is 4.98 Å². The molecule has 0 aliphatic heterocycles. The van der Waals surface area contributed by atoms with E-state index in [1.54, 1.807) is 13.0 Å². The average molecular weight is 383 g/mol. The molecule has 1 amide bonds. The molecule has 0 aliphatic rings. The number of hydrogen-bond donors (Lipinski definition) is 1. The van der Waals surface area contributed by atoms with Gasteiger partial charge in [-0.05, 0) is 39.4 Å². The van der Waals surface area contributed by atoms with E-state index in [0.717, 1.165) is 42.7 Å². The molecular weight excluding hydrogens is 354 g/mol. The minimum Gasteiger partial charge on any atom is -0.360 e. The summed E-state index contributed by atoms with van der Waals surface area (Å²) in [6, 6.07) is 9.61. The van der Waals surface area contributed by atoms with Gasteiger partial charge >= 0.3 is 0 Å². The van der Waals surface area contributed by atoms with Gasteiger partial charge in [0.2, 0.25) is 5.91 Å². The van der Waals surface area contributed by atoms with Crippen molar-refractivity contribution in [3.05, 3.63) is 41.9 Å². The number of rotatable bonds is 9. The summed E-state index contributed by atoms with van der Waals surface area (Å²) in [5.41, 5.74) is 2.11. The standard InChI is InChI=1S/C21H29N5O2/c1-5-7-11-18(21(27)23-19-13-15(3)28-24-19)25(4)14-20-22-16-10-8-9-12-17(16)26(20)6-2/h8-10,12-13,18H,5-7,11,14H2,1-4H3,(H,23,24,27)/t18-/m1/s1. The summed E-state index contributed by atoms with van der Waals surface area (Å²) >= 11 is 0. The summed E-state index contributed by atoms with van der Waals surface area (Å²) in [5.74, 6) is 2.03. The number of aromatic nitrogens is 3. The van der Waals surface area contributed by atoms with Gasteiger partial charge in [0, 0.05) is 12.6 Å². The third-order valence-corrected chi connectivity index (χ3v) is 4.99. The molecule has 7 nitrogen and oxygen atoms in total. The highest BCUT2D eigenvalue weighted by atomic mass is 16.5. The van der Waals surface area contributed by atoms with E-state index in [0.29, 0.717) is 18.1 Å². The number of hydrogen-bond acceptors (Lipinski definition) is 5. The molecule has 7 heteroatoms. The molecule has 1 aromatic carbocycles. The van der Waals surface area contributed by atoms with Crippen LogP contribution in [0.25, 0.3) is 11.0 Å². The van der Waals surface area contributed by atoms with Crippen LogP contribution in [-0.2, 0) is 17.9 Å². The number of carbonyl (C=O) groups is 1. The fourth-order valence-corrected chi connectivity index (χ4v) is 3.52. The first-order chi connectivity index (χ1) is 13.5. The Morgan fingerprint density at radius 1 is 1.32 bits per heavy atom. The zero-order valence-electron chi connectivity index (χ0n) is 17.1. The van der Waals surface area contributed by atoms with E-state index >= 15 is 0 Å². The summed E-state index contributed by atoms with van der Waals surface area (Å²) in [6.45, 7) is 7.49. The number of amides is 1. The van der Waals surface area contributed by atoms with E-state index in [-0.39, 0.29) is 11.9 Å². The zero-order valence-corrected chi connectivity index (χ0v) is 17.1. The fraction of sp³-hybridized carbons (Fsp3) is 0.476. The molecule has 0 aliphatic carbocycles. The van der Waals surface area contributed by atoms with Crippen LogP contribution in [-0.4, -0.2) is 38.6 Å². The summed E-state index contributed by atoms with van der Waals surface area (Å²) in [4.78, 5) is 19.8. The molecule has 0 unspecified atom stereocenters. The van der Waals surface area contributed by atoms with Crippen molar-refractivity contribution < 1.29 is 9.32 Å². The van der Waals surface area contributed by atoms with Crippen LogP contribution in [0.2, 0.25) is 0 Å². The predicted molar refractivity (Wildman–Crippen MR) is 110 cm³/mol. The third-order valence-electron chi connectivity index (χ3n) is 4.99. The number of para-hydroxylation sites is 2. The van der Waals surface area contributed by atoms with Crippen molar-refractivity contribution in [3.63, 3.8) is 0 Å². The predicted octanol–water partition coefficient (Wildman–Crippen LogP) is 3.98. The number of unbranched alkanes of at least 4 members (excludes halogenated alkanes) is 1. The van der Waals surface area contributed by atoms with Gasteiger partial charge < -0.3 is 14.4 Å². The molecule has 0 radical (unpaired) electrons. The first-order valence-electron chi connectivity index (χ1n) is 9.92.